The minimum Gasteiger partial charge on any atom is -0.509 e. The van der Waals surface area contributed by atoms with Crippen LogP contribution in [0.5, 0.6) is 0 Å². The van der Waals surface area contributed by atoms with Gasteiger partial charge in [0.1, 0.15) is 17.1 Å². The number of aliphatic hydroxyl groups excluding tert-OH is 1. The van der Waals surface area contributed by atoms with Crippen LogP contribution in [-0.4, -0.2) is 40.9 Å². The van der Waals surface area contributed by atoms with Crippen LogP contribution in [0.1, 0.15) is 54.9 Å². The van der Waals surface area contributed by atoms with E-state index in [2.05, 4.69) is 30.9 Å². The third-order valence-corrected chi connectivity index (χ3v) is 7.56. The minimum atomic E-state index is -3.84. The molecule has 32 heavy (non-hydrogen) atoms. The van der Waals surface area contributed by atoms with Crippen molar-refractivity contribution in [1.29, 1.82) is 0 Å². The zero-order chi connectivity index (χ0) is 24.1. The van der Waals surface area contributed by atoms with Gasteiger partial charge in [-0.1, -0.05) is 41.5 Å². The molecule has 9 heteroatoms. The molecular formula is C23H33FN3O4P. The maximum absolute atomic E-state index is 13.9. The van der Waals surface area contributed by atoms with Crippen molar-refractivity contribution in [1.82, 2.24) is 4.90 Å². The second-order valence-corrected chi connectivity index (χ2v) is 12.5. The van der Waals surface area contributed by atoms with E-state index in [1.54, 1.807) is 11.8 Å². The normalized spacial score (nSPS) is 23.9. The molecular weight excluding hydrogens is 432 g/mol. The van der Waals surface area contributed by atoms with E-state index in [9.17, 15) is 18.9 Å². The maximum Gasteiger partial charge on any atom is 0.348 e. The van der Waals surface area contributed by atoms with E-state index >= 15 is 0 Å². The molecule has 1 aromatic carbocycles. The number of aliphatic hydroxyl groups is 1. The predicted molar refractivity (Wildman–Crippen MR) is 125 cm³/mol. The Labute approximate surface area is 189 Å². The molecule has 0 aliphatic carbocycles. The molecule has 2 heterocycles. The van der Waals surface area contributed by atoms with Gasteiger partial charge in [-0.15, -0.1) is 0 Å². The Hall–Kier alpha value is -2.18. The summed E-state index contributed by atoms with van der Waals surface area (Å²) < 4.78 is 37.1. The molecule has 0 saturated heterocycles. The number of benzene rings is 1. The second-order valence-electron chi connectivity index (χ2n) is 10.5. The van der Waals surface area contributed by atoms with Crippen LogP contribution in [-0.2, 0) is 13.9 Å². The number of hydrogen-bond acceptors (Lipinski definition) is 5. The first-order chi connectivity index (χ1) is 14.7. The van der Waals surface area contributed by atoms with Crippen LogP contribution >= 0.6 is 7.52 Å². The van der Waals surface area contributed by atoms with Crippen molar-refractivity contribution in [2.45, 2.75) is 60.9 Å². The number of anilines is 1. The van der Waals surface area contributed by atoms with Gasteiger partial charge >= 0.3 is 7.52 Å². The van der Waals surface area contributed by atoms with Crippen molar-refractivity contribution in [3.8, 4) is 0 Å². The van der Waals surface area contributed by atoms with Gasteiger partial charge in [0.25, 0.3) is 5.91 Å². The van der Waals surface area contributed by atoms with Crippen molar-refractivity contribution in [2.24, 2.45) is 15.6 Å². The van der Waals surface area contributed by atoms with E-state index in [0.717, 1.165) is 12.5 Å². The second kappa shape index (κ2) is 8.31. The number of nitrogens with one attached hydrogen (secondary N) is 1. The van der Waals surface area contributed by atoms with Gasteiger partial charge in [0.2, 0.25) is 0 Å². The molecule has 0 bridgehead atoms. The molecule has 2 N–H and O–H groups in total. The molecule has 1 unspecified atom stereocenters. The van der Waals surface area contributed by atoms with Crippen molar-refractivity contribution in [3.05, 3.63) is 35.3 Å². The summed E-state index contributed by atoms with van der Waals surface area (Å²) in [6.07, 6.45) is 0.741. The molecule has 7 nitrogen and oxygen atoms in total. The summed E-state index contributed by atoms with van der Waals surface area (Å²) >= 11 is 0. The Morgan fingerprint density at radius 3 is 2.47 bits per heavy atom. The smallest absolute Gasteiger partial charge is 0.348 e. The highest BCUT2D eigenvalue weighted by Crippen LogP contribution is 2.52. The zero-order valence-electron chi connectivity index (χ0n) is 19.8. The Morgan fingerprint density at radius 2 is 1.91 bits per heavy atom. The number of halogens is 1. The monoisotopic (exact) mass is 465 g/mol. The van der Waals surface area contributed by atoms with Crippen LogP contribution < -0.4 is 10.6 Å². The van der Waals surface area contributed by atoms with Gasteiger partial charge in [-0.3, -0.25) is 9.36 Å². The molecule has 0 fully saturated rings. The maximum atomic E-state index is 13.9. The molecule has 0 aromatic heterocycles. The highest BCUT2D eigenvalue weighted by Gasteiger charge is 2.48. The largest absolute Gasteiger partial charge is 0.509 e. The molecule has 2 atom stereocenters. The van der Waals surface area contributed by atoms with Crippen LogP contribution in [0.2, 0.25) is 0 Å². The van der Waals surface area contributed by atoms with Gasteiger partial charge < -0.3 is 19.8 Å². The zero-order valence-corrected chi connectivity index (χ0v) is 20.7. The standard InChI is InChI=1S/C23H33FN3O4P/c1-8-31-32(30)16-13-14(24)9-10-15(16)25-20(26-32)17-18(28)19(23(5,6)7)27(21(17)29)12-11-22(2,3)4/h9-10,13,19,28H,8,11-12H2,1-7H3,(H,25,26,30)/t19-,32?/m1/s1. The van der Waals surface area contributed by atoms with E-state index < -0.39 is 24.8 Å². The van der Waals surface area contributed by atoms with Crippen molar-refractivity contribution in [2.75, 3.05) is 18.5 Å². The van der Waals surface area contributed by atoms with Crippen LogP contribution in [0.25, 0.3) is 0 Å². The van der Waals surface area contributed by atoms with E-state index in [-0.39, 0.29) is 40.4 Å². The molecule has 176 valence electrons. The van der Waals surface area contributed by atoms with Gasteiger partial charge in [-0.25, -0.2) is 4.39 Å². The van der Waals surface area contributed by atoms with Crippen LogP contribution in [0.15, 0.2) is 34.3 Å². The average molecular weight is 466 g/mol. The number of hydrogen-bond donors (Lipinski definition) is 2. The summed E-state index contributed by atoms with van der Waals surface area (Å²) in [5, 5.41) is 14.3. The Morgan fingerprint density at radius 1 is 1.25 bits per heavy atom. The predicted octanol–water partition coefficient (Wildman–Crippen LogP) is 5.01. The highest BCUT2D eigenvalue weighted by atomic mass is 31.2. The van der Waals surface area contributed by atoms with Crippen molar-refractivity contribution >= 4 is 30.3 Å². The number of nitrogens with zero attached hydrogens (tertiary/aromatic N) is 2. The number of fused-ring (bicyclic) bond motifs is 1. The van der Waals surface area contributed by atoms with Crippen molar-refractivity contribution in [3.63, 3.8) is 0 Å². The topological polar surface area (TPSA) is 91.2 Å². The van der Waals surface area contributed by atoms with E-state index in [0.29, 0.717) is 12.2 Å². The van der Waals surface area contributed by atoms with Gasteiger partial charge in [0.05, 0.1) is 23.6 Å². The van der Waals surface area contributed by atoms with Crippen molar-refractivity contribution < 1.29 is 23.4 Å². The fourth-order valence-corrected chi connectivity index (χ4v) is 5.80. The first-order valence-electron chi connectivity index (χ1n) is 10.8. The lowest BCUT2D eigenvalue weighted by molar-refractivity contribution is -0.128. The average Bonchev–Trinajstić information content (AvgIpc) is 2.90. The van der Waals surface area contributed by atoms with Gasteiger partial charge in [-0.05, 0) is 42.4 Å². The third kappa shape index (κ3) is 4.62. The first kappa shape index (κ1) is 24.5. The third-order valence-electron chi connectivity index (χ3n) is 5.51. The minimum absolute atomic E-state index is 0.00459. The summed E-state index contributed by atoms with van der Waals surface area (Å²) in [5.41, 5.74) is -0.135. The molecule has 0 saturated carbocycles. The number of amidine groups is 1. The van der Waals surface area contributed by atoms with E-state index in [4.69, 9.17) is 4.52 Å². The summed E-state index contributed by atoms with van der Waals surface area (Å²) in [6, 6.07) is 3.22. The van der Waals surface area contributed by atoms with E-state index in [1.807, 2.05) is 20.8 Å². The lowest BCUT2D eigenvalue weighted by atomic mass is 9.84. The quantitative estimate of drug-likeness (QED) is 0.597. The van der Waals surface area contributed by atoms with E-state index in [1.165, 1.54) is 12.1 Å². The van der Waals surface area contributed by atoms with Gasteiger partial charge in [0.15, 0.2) is 5.84 Å². The molecule has 0 radical (unpaired) electrons. The fraction of sp³-hybridized carbons (Fsp3) is 0.565. The summed E-state index contributed by atoms with van der Waals surface area (Å²) in [7, 11) is -3.84. The van der Waals surface area contributed by atoms with Gasteiger partial charge in [-0.2, -0.15) is 4.76 Å². The lowest BCUT2D eigenvalue weighted by Gasteiger charge is -2.36. The lowest BCUT2D eigenvalue weighted by Crippen LogP contribution is -2.45. The highest BCUT2D eigenvalue weighted by molar-refractivity contribution is 7.66. The molecule has 2 aliphatic heterocycles. The Bertz CT molecular complexity index is 1040. The molecule has 3 rings (SSSR count). The summed E-state index contributed by atoms with van der Waals surface area (Å²) in [5.74, 6) is -1.08. The number of rotatable bonds is 5. The SMILES string of the molecule is CCOP1(=O)N=C(C2=C(O)[C@H](C(C)(C)C)N(CCC(C)(C)C)C2=O)Nc2ccc(F)cc21. The summed E-state index contributed by atoms with van der Waals surface area (Å²) in [6.45, 7) is 14.3. The summed E-state index contributed by atoms with van der Waals surface area (Å²) in [4.78, 5) is 15.2. The van der Waals surface area contributed by atoms with Crippen LogP contribution in [0, 0.1) is 16.6 Å². The number of carbonyl (C=O) groups excluding carboxylic acids is 1. The van der Waals surface area contributed by atoms with Gasteiger partial charge in [0, 0.05) is 6.54 Å². The number of carbonyl (C=O) groups is 1. The Balaban J connectivity index is 2.10. The molecule has 1 amide bonds. The first-order valence-corrected chi connectivity index (χ1v) is 12.4. The van der Waals surface area contributed by atoms with Crippen LogP contribution in [0.3, 0.4) is 0 Å². The molecule has 0 spiro atoms. The molecule has 1 aromatic rings. The molecule has 2 aliphatic rings. The Kier molecular flexibility index (Phi) is 6.35. The van der Waals surface area contributed by atoms with Crippen LogP contribution in [0.4, 0.5) is 10.1 Å². The fourth-order valence-electron chi connectivity index (χ4n) is 4.01. The number of amides is 1.